The van der Waals surface area contributed by atoms with E-state index in [1.807, 2.05) is 0 Å². The van der Waals surface area contributed by atoms with Crippen molar-refractivity contribution in [3.63, 3.8) is 0 Å². The monoisotopic (exact) mass is 383 g/mol. The molecule has 3 aromatic rings. The van der Waals surface area contributed by atoms with E-state index in [2.05, 4.69) is 11.6 Å². The molecule has 28 heavy (non-hydrogen) atoms. The molecule has 1 aliphatic rings. The van der Waals surface area contributed by atoms with Gasteiger partial charge in [0.25, 0.3) is 5.91 Å². The van der Waals surface area contributed by atoms with Crippen molar-refractivity contribution < 1.29 is 23.1 Å². The van der Waals surface area contributed by atoms with Crippen molar-refractivity contribution in [3.8, 4) is 0 Å². The molecule has 8 heteroatoms. The van der Waals surface area contributed by atoms with E-state index in [1.54, 1.807) is 42.5 Å². The highest BCUT2D eigenvalue weighted by molar-refractivity contribution is 6.10. The largest absolute Gasteiger partial charge is 0.456 e. The Balaban J connectivity index is 1.48. The minimum absolute atomic E-state index is 0.0700. The lowest BCUT2D eigenvalue weighted by atomic mass is 10.1. The van der Waals surface area contributed by atoms with Gasteiger partial charge in [-0.3, -0.25) is 19.1 Å². The van der Waals surface area contributed by atoms with E-state index in [4.69, 9.17) is 4.74 Å². The van der Waals surface area contributed by atoms with Gasteiger partial charge in [0.2, 0.25) is 0 Å². The molecule has 142 valence electrons. The van der Waals surface area contributed by atoms with Crippen LogP contribution >= 0.6 is 0 Å². The fourth-order valence-electron chi connectivity index (χ4n) is 3.24. The maximum atomic E-state index is 13.4. The summed E-state index contributed by atoms with van der Waals surface area (Å²) in [7, 11) is 0. The van der Waals surface area contributed by atoms with Gasteiger partial charge < -0.3 is 4.74 Å². The molecule has 4 rings (SSSR count). The predicted molar refractivity (Wildman–Crippen MR) is 97.3 cm³/mol. The van der Waals surface area contributed by atoms with Crippen molar-refractivity contribution in [2.45, 2.75) is 13.2 Å². The number of rotatable bonds is 5. The lowest BCUT2D eigenvalue weighted by molar-refractivity contribution is -0.145. The fourth-order valence-corrected chi connectivity index (χ4v) is 3.24. The Hall–Kier alpha value is -3.55. The lowest BCUT2D eigenvalue weighted by Crippen LogP contribution is -2.30. The Morgan fingerprint density at radius 1 is 1.11 bits per heavy atom. The molecule has 1 aliphatic heterocycles. The van der Waals surface area contributed by atoms with E-state index in [1.165, 1.54) is 11.0 Å². The average Bonchev–Trinajstić information content (AvgIpc) is 3.18. The number of fused-ring (bicyclic) bond motifs is 2. The van der Waals surface area contributed by atoms with Gasteiger partial charge in [-0.2, -0.15) is 8.78 Å². The van der Waals surface area contributed by atoms with Crippen molar-refractivity contribution >= 4 is 28.6 Å². The summed E-state index contributed by atoms with van der Waals surface area (Å²) in [5.74, 6) is -1.16. The van der Waals surface area contributed by atoms with Gasteiger partial charge in [0, 0.05) is 16.8 Å². The summed E-state index contributed by atoms with van der Waals surface area (Å²) in [5, 5.41) is 0. The molecule has 0 spiro atoms. The zero-order chi connectivity index (χ0) is 19.8. The van der Waals surface area contributed by atoms with Gasteiger partial charge in [0.15, 0.2) is 5.82 Å². The van der Waals surface area contributed by atoms with Crippen molar-refractivity contribution in [2.24, 2.45) is 0 Å². The summed E-state index contributed by atoms with van der Waals surface area (Å²) in [6.45, 7) is 0.232. The number of imidazole rings is 1. The number of hydrogen-bond acceptors (Lipinski definition) is 4. The van der Waals surface area contributed by atoms with Gasteiger partial charge >= 0.3 is 12.5 Å². The number of hydrogen-bond donors (Lipinski definition) is 0. The van der Waals surface area contributed by atoms with Crippen LogP contribution in [0.15, 0.2) is 55.1 Å². The summed E-state index contributed by atoms with van der Waals surface area (Å²) in [6.07, 6.45) is 0. The quantitative estimate of drug-likeness (QED) is 0.632. The predicted octanol–water partition coefficient (Wildman–Crippen LogP) is 3.60. The van der Waals surface area contributed by atoms with Gasteiger partial charge in [-0.25, -0.2) is 4.98 Å². The first-order valence-electron chi connectivity index (χ1n) is 8.47. The molecule has 0 aliphatic carbocycles. The first-order valence-corrected chi connectivity index (χ1v) is 8.47. The molecule has 0 bridgehead atoms. The zero-order valence-corrected chi connectivity index (χ0v) is 14.6. The van der Waals surface area contributed by atoms with Crippen LogP contribution in [0.3, 0.4) is 0 Å². The van der Waals surface area contributed by atoms with Gasteiger partial charge in [0.05, 0.1) is 11.0 Å². The van der Waals surface area contributed by atoms with Crippen LogP contribution in [0.4, 0.5) is 8.78 Å². The number of aromatic nitrogens is 2. The molecule has 1 aromatic heterocycles. The molecule has 0 saturated carbocycles. The average molecular weight is 383 g/mol. The first kappa shape index (κ1) is 17.8. The van der Waals surface area contributed by atoms with Crippen LogP contribution in [0.2, 0.25) is 0 Å². The number of amides is 1. The highest BCUT2D eigenvalue weighted by atomic mass is 19.3. The molecule has 2 heterocycles. The van der Waals surface area contributed by atoms with Crippen LogP contribution < -0.4 is 0 Å². The number of nitrogens with zero attached hydrogens (tertiary/aromatic N) is 3. The molecule has 0 unspecified atom stereocenters. The van der Waals surface area contributed by atoms with Crippen molar-refractivity contribution in [1.29, 1.82) is 0 Å². The Bertz CT molecular complexity index is 1070. The summed E-state index contributed by atoms with van der Waals surface area (Å²) in [4.78, 5) is 30.0. The molecule has 0 fully saturated rings. The van der Waals surface area contributed by atoms with Gasteiger partial charge in [-0.1, -0.05) is 36.9 Å². The van der Waals surface area contributed by atoms with Crippen molar-refractivity contribution in [3.05, 3.63) is 72.1 Å². The van der Waals surface area contributed by atoms with Crippen LogP contribution in [0.25, 0.3) is 16.7 Å². The molecule has 0 N–H and O–H groups in total. The highest BCUT2D eigenvalue weighted by Crippen LogP contribution is 2.31. The van der Waals surface area contributed by atoms with E-state index < -0.39 is 19.1 Å². The second kappa shape index (κ2) is 6.88. The smallest absolute Gasteiger partial charge is 0.326 e. The van der Waals surface area contributed by atoms with Crippen LogP contribution in [-0.4, -0.2) is 32.9 Å². The Kier molecular flexibility index (Phi) is 4.38. The minimum Gasteiger partial charge on any atom is -0.456 e. The zero-order valence-electron chi connectivity index (χ0n) is 14.6. The van der Waals surface area contributed by atoms with Crippen LogP contribution in [-0.2, 0) is 16.1 Å². The SMILES string of the molecule is C=C1c2ccccc2C(=O)N1CC(=O)OCc1nc2ccccc2n1C(F)F. The first-order chi connectivity index (χ1) is 13.5. The van der Waals surface area contributed by atoms with E-state index in [9.17, 15) is 18.4 Å². The Morgan fingerprint density at radius 2 is 1.79 bits per heavy atom. The fraction of sp³-hybridized carbons (Fsp3) is 0.150. The topological polar surface area (TPSA) is 64.4 Å². The number of para-hydroxylation sites is 2. The molecule has 0 radical (unpaired) electrons. The Morgan fingerprint density at radius 3 is 2.50 bits per heavy atom. The Labute approximate surface area is 158 Å². The molecule has 6 nitrogen and oxygen atoms in total. The maximum Gasteiger partial charge on any atom is 0.326 e. The van der Waals surface area contributed by atoms with Crippen LogP contribution in [0.1, 0.15) is 28.3 Å². The number of benzene rings is 2. The normalized spacial score (nSPS) is 13.5. The van der Waals surface area contributed by atoms with Crippen molar-refractivity contribution in [1.82, 2.24) is 14.5 Å². The molecular weight excluding hydrogens is 368 g/mol. The molecular formula is C20H15F2N3O3. The molecule has 2 aromatic carbocycles. The number of carbonyl (C=O) groups is 2. The lowest BCUT2D eigenvalue weighted by Gasteiger charge is -2.16. The third-order valence-electron chi connectivity index (χ3n) is 4.55. The number of ether oxygens (including phenoxy) is 1. The van der Waals surface area contributed by atoms with Crippen LogP contribution in [0.5, 0.6) is 0 Å². The highest BCUT2D eigenvalue weighted by Gasteiger charge is 2.32. The summed E-state index contributed by atoms with van der Waals surface area (Å²) in [5.41, 5.74) is 2.14. The van der Waals surface area contributed by atoms with Gasteiger partial charge in [-0.05, 0) is 18.2 Å². The number of halogens is 2. The standard InChI is InChI=1S/C20H15F2N3O3/c1-12-13-6-2-3-7-14(13)19(27)24(12)10-18(26)28-11-17-23-15-8-4-5-9-16(15)25(17)20(21)22/h2-9,20H,1,10-11H2. The van der Waals surface area contributed by atoms with E-state index >= 15 is 0 Å². The van der Waals surface area contributed by atoms with E-state index in [-0.39, 0.29) is 23.8 Å². The third kappa shape index (κ3) is 2.92. The van der Waals surface area contributed by atoms with E-state index in [0.717, 1.165) is 4.57 Å². The number of esters is 1. The molecule has 0 saturated heterocycles. The summed E-state index contributed by atoms with van der Waals surface area (Å²) < 4.78 is 32.7. The number of carbonyl (C=O) groups excluding carboxylic acids is 2. The van der Waals surface area contributed by atoms with Crippen LogP contribution in [0, 0.1) is 0 Å². The molecule has 1 amide bonds. The van der Waals surface area contributed by atoms with Crippen molar-refractivity contribution in [2.75, 3.05) is 6.54 Å². The molecule has 0 atom stereocenters. The van der Waals surface area contributed by atoms with Gasteiger partial charge in [0.1, 0.15) is 13.2 Å². The third-order valence-corrected chi connectivity index (χ3v) is 4.55. The van der Waals surface area contributed by atoms with E-state index in [0.29, 0.717) is 22.3 Å². The second-order valence-electron chi connectivity index (χ2n) is 6.21. The maximum absolute atomic E-state index is 13.4. The second-order valence-corrected chi connectivity index (χ2v) is 6.21. The van der Waals surface area contributed by atoms with Gasteiger partial charge in [-0.15, -0.1) is 0 Å². The summed E-state index contributed by atoms with van der Waals surface area (Å²) >= 11 is 0. The minimum atomic E-state index is -2.82. The number of alkyl halides is 2. The summed E-state index contributed by atoms with van der Waals surface area (Å²) in [6, 6.07) is 13.3.